The van der Waals surface area contributed by atoms with Crippen LogP contribution < -0.4 is 0 Å². The van der Waals surface area contributed by atoms with Crippen LogP contribution >= 0.6 is 0 Å². The van der Waals surface area contributed by atoms with Crippen molar-refractivity contribution < 1.29 is 24.2 Å². The van der Waals surface area contributed by atoms with Gasteiger partial charge in [0.2, 0.25) is 0 Å². The van der Waals surface area contributed by atoms with Crippen LogP contribution in [-0.2, 0) is 19.1 Å². The third kappa shape index (κ3) is 20.1. The van der Waals surface area contributed by atoms with Gasteiger partial charge < -0.3 is 14.6 Å². The number of esters is 1. The predicted octanol–water partition coefficient (Wildman–Crippen LogP) is 2.40. The van der Waals surface area contributed by atoms with Crippen molar-refractivity contribution in [2.24, 2.45) is 0 Å². The van der Waals surface area contributed by atoms with Crippen molar-refractivity contribution in [3.63, 3.8) is 0 Å². The second-order valence-electron chi connectivity index (χ2n) is 3.43. The minimum absolute atomic E-state index is 0.103. The average molecular weight is 260 g/mol. The van der Waals surface area contributed by atoms with E-state index in [1.807, 2.05) is 13.8 Å². The van der Waals surface area contributed by atoms with Gasteiger partial charge in [0.1, 0.15) is 6.61 Å². The van der Waals surface area contributed by atoms with Crippen LogP contribution in [0.3, 0.4) is 0 Å². The molecule has 18 heavy (non-hydrogen) atoms. The van der Waals surface area contributed by atoms with Crippen LogP contribution in [-0.4, -0.2) is 36.9 Å². The summed E-state index contributed by atoms with van der Waals surface area (Å²) in [7, 11) is 0. The van der Waals surface area contributed by atoms with E-state index in [1.165, 1.54) is 0 Å². The lowest BCUT2D eigenvalue weighted by Crippen LogP contribution is -2.10. The van der Waals surface area contributed by atoms with Crippen molar-refractivity contribution in [2.45, 2.75) is 39.5 Å². The normalized spacial score (nSPS) is 9.00. The van der Waals surface area contributed by atoms with E-state index in [0.29, 0.717) is 26.1 Å². The summed E-state index contributed by atoms with van der Waals surface area (Å²) in [5.41, 5.74) is 0. The molecule has 0 rings (SSSR count). The molecule has 0 heterocycles. The molecule has 0 aliphatic carbocycles. The molecule has 0 aliphatic heterocycles. The van der Waals surface area contributed by atoms with Crippen LogP contribution in [0.5, 0.6) is 0 Å². The molecule has 0 saturated heterocycles. The summed E-state index contributed by atoms with van der Waals surface area (Å²) in [6.07, 6.45) is 3.20. The molecule has 0 amide bonds. The van der Waals surface area contributed by atoms with Crippen LogP contribution in [0.4, 0.5) is 0 Å². The zero-order valence-electron chi connectivity index (χ0n) is 11.3. The number of rotatable bonds is 9. The zero-order chi connectivity index (χ0) is 14.2. The van der Waals surface area contributed by atoms with E-state index in [9.17, 15) is 9.59 Å². The van der Waals surface area contributed by atoms with Crippen LogP contribution in [0.25, 0.3) is 0 Å². The lowest BCUT2D eigenvalue weighted by Gasteiger charge is -2.04. The van der Waals surface area contributed by atoms with Crippen molar-refractivity contribution >= 4 is 11.9 Å². The number of carbonyl (C=O) groups excluding carboxylic acids is 1. The van der Waals surface area contributed by atoms with Crippen molar-refractivity contribution in [1.29, 1.82) is 0 Å². The standard InChI is InChI=1S/C10H18O5.C3H6/c1-2-14-7-8-15-10(13)6-4-3-5-9(11)12;1-3-2/h2-8H2,1H3,(H,11,12);3H,1H2,2H3. The Morgan fingerprint density at radius 3 is 2.28 bits per heavy atom. The maximum absolute atomic E-state index is 11.0. The maximum Gasteiger partial charge on any atom is 0.305 e. The molecule has 0 atom stereocenters. The van der Waals surface area contributed by atoms with Crippen LogP contribution in [0.1, 0.15) is 39.5 Å². The lowest BCUT2D eigenvalue weighted by atomic mass is 10.2. The SMILES string of the molecule is C=CC.CCOCCOC(=O)CCCCC(=O)O. The summed E-state index contributed by atoms with van der Waals surface area (Å²) in [5, 5.41) is 8.35. The minimum Gasteiger partial charge on any atom is -0.481 e. The van der Waals surface area contributed by atoms with E-state index in [2.05, 4.69) is 6.58 Å². The summed E-state index contributed by atoms with van der Waals surface area (Å²) in [6, 6.07) is 0. The quantitative estimate of drug-likeness (QED) is 0.391. The highest BCUT2D eigenvalue weighted by molar-refractivity contribution is 5.69. The molecule has 0 aromatic rings. The Hall–Kier alpha value is -1.36. The van der Waals surface area contributed by atoms with E-state index >= 15 is 0 Å². The third-order valence-corrected chi connectivity index (χ3v) is 1.72. The molecule has 0 bridgehead atoms. The first kappa shape index (κ1) is 19.0. The number of hydrogen-bond donors (Lipinski definition) is 1. The van der Waals surface area contributed by atoms with Gasteiger partial charge in [-0.3, -0.25) is 9.59 Å². The van der Waals surface area contributed by atoms with Crippen molar-refractivity contribution in [1.82, 2.24) is 0 Å². The highest BCUT2D eigenvalue weighted by Crippen LogP contribution is 2.01. The predicted molar refractivity (Wildman–Crippen MR) is 69.4 cm³/mol. The zero-order valence-corrected chi connectivity index (χ0v) is 11.3. The Labute approximate surface area is 109 Å². The number of carboxylic acids is 1. The number of hydrogen-bond acceptors (Lipinski definition) is 4. The van der Waals surface area contributed by atoms with Gasteiger partial charge in [0.05, 0.1) is 6.61 Å². The molecule has 0 aliphatic rings. The van der Waals surface area contributed by atoms with Gasteiger partial charge in [-0.25, -0.2) is 0 Å². The monoisotopic (exact) mass is 260 g/mol. The van der Waals surface area contributed by atoms with Crippen LogP contribution in [0, 0.1) is 0 Å². The summed E-state index contributed by atoms with van der Waals surface area (Å²) in [5.74, 6) is -1.13. The van der Waals surface area contributed by atoms with Crippen LogP contribution in [0.15, 0.2) is 12.7 Å². The fourth-order valence-corrected chi connectivity index (χ4v) is 0.976. The highest BCUT2D eigenvalue weighted by Gasteiger charge is 2.03. The molecule has 106 valence electrons. The molecule has 1 N–H and O–H groups in total. The van der Waals surface area contributed by atoms with E-state index in [-0.39, 0.29) is 25.4 Å². The molecular weight excluding hydrogens is 236 g/mol. The molecule has 0 saturated carbocycles. The topological polar surface area (TPSA) is 72.8 Å². The molecule has 0 spiro atoms. The third-order valence-electron chi connectivity index (χ3n) is 1.72. The van der Waals surface area contributed by atoms with E-state index in [0.717, 1.165) is 0 Å². The first-order chi connectivity index (χ1) is 8.58. The van der Waals surface area contributed by atoms with Gasteiger partial charge in [-0.15, -0.1) is 6.58 Å². The van der Waals surface area contributed by atoms with Gasteiger partial charge >= 0.3 is 11.9 Å². The Balaban J connectivity index is 0. The van der Waals surface area contributed by atoms with Gasteiger partial charge in [-0.2, -0.15) is 0 Å². The van der Waals surface area contributed by atoms with Crippen LogP contribution in [0.2, 0.25) is 0 Å². The second kappa shape index (κ2) is 15.6. The minimum atomic E-state index is -0.834. The molecule has 0 unspecified atom stereocenters. The molecule has 0 fully saturated rings. The molecular formula is C13H24O5. The Kier molecular flexibility index (Phi) is 16.5. The van der Waals surface area contributed by atoms with Gasteiger partial charge in [-0.1, -0.05) is 6.08 Å². The van der Waals surface area contributed by atoms with Crippen molar-refractivity contribution in [3.8, 4) is 0 Å². The molecule has 0 aromatic carbocycles. The summed E-state index contributed by atoms with van der Waals surface area (Å²) < 4.78 is 9.83. The first-order valence-corrected chi connectivity index (χ1v) is 6.10. The largest absolute Gasteiger partial charge is 0.481 e. The Morgan fingerprint density at radius 1 is 1.22 bits per heavy atom. The van der Waals surface area contributed by atoms with Gasteiger partial charge in [-0.05, 0) is 26.7 Å². The number of allylic oxidation sites excluding steroid dienone is 1. The fraction of sp³-hybridized carbons (Fsp3) is 0.692. The number of carbonyl (C=O) groups is 2. The maximum atomic E-state index is 11.0. The number of unbranched alkanes of at least 4 members (excludes halogenated alkanes) is 1. The first-order valence-electron chi connectivity index (χ1n) is 6.10. The highest BCUT2D eigenvalue weighted by atomic mass is 16.6. The summed E-state index contributed by atoms with van der Waals surface area (Å²) in [6.45, 7) is 8.41. The molecule has 0 radical (unpaired) electrons. The number of ether oxygens (including phenoxy) is 2. The smallest absolute Gasteiger partial charge is 0.305 e. The van der Waals surface area contributed by atoms with Gasteiger partial charge in [0, 0.05) is 19.4 Å². The molecule has 5 heteroatoms. The van der Waals surface area contributed by atoms with Crippen molar-refractivity contribution in [2.75, 3.05) is 19.8 Å². The average Bonchev–Trinajstić information content (AvgIpc) is 2.31. The Morgan fingerprint density at radius 2 is 1.78 bits per heavy atom. The lowest BCUT2D eigenvalue weighted by molar-refractivity contribution is -0.145. The van der Waals surface area contributed by atoms with Crippen molar-refractivity contribution in [3.05, 3.63) is 12.7 Å². The molecule has 0 aromatic heterocycles. The summed E-state index contributed by atoms with van der Waals surface area (Å²) >= 11 is 0. The van der Waals surface area contributed by atoms with E-state index < -0.39 is 5.97 Å². The van der Waals surface area contributed by atoms with E-state index in [1.54, 1.807) is 6.08 Å². The second-order valence-corrected chi connectivity index (χ2v) is 3.43. The van der Waals surface area contributed by atoms with Gasteiger partial charge in [0.15, 0.2) is 0 Å². The fourth-order valence-electron chi connectivity index (χ4n) is 0.976. The summed E-state index contributed by atoms with van der Waals surface area (Å²) in [4.78, 5) is 21.2. The number of carboxylic acid groups (broad SMARTS) is 1. The molecule has 5 nitrogen and oxygen atoms in total. The van der Waals surface area contributed by atoms with Gasteiger partial charge in [0.25, 0.3) is 0 Å². The van der Waals surface area contributed by atoms with E-state index in [4.69, 9.17) is 14.6 Å². The Bertz CT molecular complexity index is 225. The number of aliphatic carboxylic acids is 1.